The zero-order chi connectivity index (χ0) is 15.1. The van der Waals surface area contributed by atoms with Crippen molar-refractivity contribution < 1.29 is 4.79 Å². The molecule has 0 saturated heterocycles. The van der Waals surface area contributed by atoms with Crippen LogP contribution in [0.3, 0.4) is 0 Å². The Bertz CT molecular complexity index is 595. The number of aromatic nitrogens is 1. The molecule has 1 heterocycles. The molecule has 0 radical (unpaired) electrons. The third kappa shape index (κ3) is 4.12. The van der Waals surface area contributed by atoms with Crippen LogP contribution < -0.4 is 0 Å². The molecular weight excluding hydrogens is 258 g/mol. The molecule has 0 unspecified atom stereocenters. The first-order valence-corrected chi connectivity index (χ1v) is 7.48. The first-order valence-electron chi connectivity index (χ1n) is 7.48. The Kier molecular flexibility index (Phi) is 5.44. The van der Waals surface area contributed by atoms with Crippen molar-refractivity contribution in [1.29, 1.82) is 0 Å². The van der Waals surface area contributed by atoms with Gasteiger partial charge in [0.25, 0.3) is 0 Å². The quantitative estimate of drug-likeness (QED) is 0.706. The molecule has 2 nitrogen and oxygen atoms in total. The molecule has 2 rings (SSSR count). The molecule has 0 bridgehead atoms. The van der Waals surface area contributed by atoms with E-state index in [4.69, 9.17) is 0 Å². The first kappa shape index (κ1) is 15.2. The minimum atomic E-state index is 0.139. The van der Waals surface area contributed by atoms with Crippen LogP contribution in [0.4, 0.5) is 0 Å². The Balaban J connectivity index is 2.09. The molecular formula is C19H21NO. The summed E-state index contributed by atoms with van der Waals surface area (Å²) in [5.74, 6) is 0.389. The van der Waals surface area contributed by atoms with Crippen molar-refractivity contribution in [3.63, 3.8) is 0 Å². The van der Waals surface area contributed by atoms with Crippen LogP contribution in [-0.4, -0.2) is 10.8 Å². The monoisotopic (exact) mass is 279 g/mol. The van der Waals surface area contributed by atoms with Crippen molar-refractivity contribution in [3.05, 3.63) is 65.5 Å². The zero-order valence-corrected chi connectivity index (χ0v) is 12.6. The fraction of sp³-hybridized carbons (Fsp3) is 0.263. The highest BCUT2D eigenvalue weighted by molar-refractivity contribution is 5.98. The normalized spacial score (nSPS) is 11.2. The Morgan fingerprint density at radius 2 is 1.76 bits per heavy atom. The molecule has 0 saturated carbocycles. The summed E-state index contributed by atoms with van der Waals surface area (Å²) in [5.41, 5.74) is 2.80. The number of ketones is 1. The molecule has 2 heteroatoms. The van der Waals surface area contributed by atoms with Gasteiger partial charge >= 0.3 is 0 Å². The predicted molar refractivity (Wildman–Crippen MR) is 88.0 cm³/mol. The molecule has 1 aromatic heterocycles. The fourth-order valence-corrected chi connectivity index (χ4v) is 2.31. The highest BCUT2D eigenvalue weighted by Gasteiger charge is 2.15. The number of pyridine rings is 1. The number of hydrogen-bond acceptors (Lipinski definition) is 2. The second-order valence-corrected chi connectivity index (χ2v) is 5.09. The van der Waals surface area contributed by atoms with E-state index in [1.807, 2.05) is 54.6 Å². The minimum Gasteiger partial charge on any atom is -0.294 e. The van der Waals surface area contributed by atoms with Gasteiger partial charge in [-0.15, -0.1) is 0 Å². The minimum absolute atomic E-state index is 0.139. The summed E-state index contributed by atoms with van der Waals surface area (Å²) in [4.78, 5) is 16.5. The second-order valence-electron chi connectivity index (χ2n) is 5.09. The number of rotatable bonds is 6. The van der Waals surface area contributed by atoms with Crippen molar-refractivity contribution in [2.75, 3.05) is 0 Å². The van der Waals surface area contributed by atoms with E-state index in [9.17, 15) is 4.79 Å². The van der Waals surface area contributed by atoms with Gasteiger partial charge < -0.3 is 0 Å². The molecule has 0 aliphatic rings. The lowest BCUT2D eigenvalue weighted by molar-refractivity contribution is 0.0913. The smallest absolute Gasteiger partial charge is 0.165 e. The van der Waals surface area contributed by atoms with Crippen LogP contribution in [0.5, 0.6) is 0 Å². The number of carbonyl (C=O) groups is 1. The van der Waals surface area contributed by atoms with E-state index in [2.05, 4.69) is 18.8 Å². The van der Waals surface area contributed by atoms with E-state index in [0.29, 0.717) is 0 Å². The number of nitrogens with zero attached hydrogens (tertiary/aromatic N) is 1. The number of carbonyl (C=O) groups excluding carboxylic acids is 1. The number of Topliss-reactive ketones (excluding diaryl/α,β-unsaturated/α-hetero) is 1. The maximum atomic E-state index is 12.3. The predicted octanol–water partition coefficient (Wildman–Crippen LogP) is 4.87. The van der Waals surface area contributed by atoms with Crippen LogP contribution >= 0.6 is 0 Å². The fourth-order valence-electron chi connectivity index (χ4n) is 2.31. The summed E-state index contributed by atoms with van der Waals surface area (Å²) in [5, 5.41) is 0. The molecule has 0 amide bonds. The van der Waals surface area contributed by atoms with Gasteiger partial charge in [-0.3, -0.25) is 9.78 Å². The van der Waals surface area contributed by atoms with E-state index in [0.717, 1.165) is 29.7 Å². The van der Waals surface area contributed by atoms with Crippen molar-refractivity contribution >= 4 is 17.9 Å². The van der Waals surface area contributed by atoms with Crippen molar-refractivity contribution in [2.45, 2.75) is 26.7 Å². The summed E-state index contributed by atoms with van der Waals surface area (Å²) < 4.78 is 0. The molecule has 21 heavy (non-hydrogen) atoms. The number of hydrogen-bond donors (Lipinski definition) is 0. The summed E-state index contributed by atoms with van der Waals surface area (Å²) >= 11 is 0. The zero-order valence-electron chi connectivity index (χ0n) is 12.6. The summed E-state index contributed by atoms with van der Waals surface area (Å²) in [6.45, 7) is 4.13. The van der Waals surface area contributed by atoms with E-state index < -0.39 is 0 Å². The summed E-state index contributed by atoms with van der Waals surface area (Å²) in [6, 6.07) is 13.6. The summed E-state index contributed by atoms with van der Waals surface area (Å²) in [6.07, 6.45) is 7.55. The third-order valence-electron chi connectivity index (χ3n) is 3.69. The molecule has 0 N–H and O–H groups in total. The first-order chi connectivity index (χ1) is 10.2. The molecule has 0 spiro atoms. The van der Waals surface area contributed by atoms with E-state index in [1.54, 1.807) is 6.20 Å². The maximum Gasteiger partial charge on any atom is 0.165 e. The Morgan fingerprint density at radius 3 is 2.33 bits per heavy atom. The van der Waals surface area contributed by atoms with Crippen LogP contribution in [0.15, 0.2) is 48.7 Å². The van der Waals surface area contributed by atoms with Gasteiger partial charge in [0, 0.05) is 17.7 Å². The summed E-state index contributed by atoms with van der Waals surface area (Å²) in [7, 11) is 0. The van der Waals surface area contributed by atoms with Crippen LogP contribution in [-0.2, 0) is 0 Å². The van der Waals surface area contributed by atoms with Crippen molar-refractivity contribution in [1.82, 2.24) is 4.98 Å². The lowest BCUT2D eigenvalue weighted by Gasteiger charge is -2.10. The third-order valence-corrected chi connectivity index (χ3v) is 3.69. The molecule has 2 aromatic rings. The Hall–Kier alpha value is -2.22. The van der Waals surface area contributed by atoms with Gasteiger partial charge in [0.2, 0.25) is 0 Å². The van der Waals surface area contributed by atoms with Crippen LogP contribution in [0.1, 0.15) is 48.3 Å². The van der Waals surface area contributed by atoms with Gasteiger partial charge in [-0.2, -0.15) is 0 Å². The Labute approximate surface area is 126 Å². The van der Waals surface area contributed by atoms with E-state index in [-0.39, 0.29) is 11.7 Å². The highest BCUT2D eigenvalue weighted by atomic mass is 16.1. The lowest BCUT2D eigenvalue weighted by Crippen LogP contribution is -2.12. The van der Waals surface area contributed by atoms with Crippen LogP contribution in [0.25, 0.3) is 12.2 Å². The Morgan fingerprint density at radius 1 is 1.05 bits per heavy atom. The van der Waals surface area contributed by atoms with Crippen molar-refractivity contribution in [2.24, 2.45) is 5.92 Å². The van der Waals surface area contributed by atoms with Gasteiger partial charge in [0.15, 0.2) is 5.78 Å². The molecule has 0 aliphatic heterocycles. The van der Waals surface area contributed by atoms with E-state index in [1.165, 1.54) is 0 Å². The van der Waals surface area contributed by atoms with Gasteiger partial charge in [-0.25, -0.2) is 0 Å². The lowest BCUT2D eigenvalue weighted by atomic mass is 9.92. The van der Waals surface area contributed by atoms with Crippen LogP contribution in [0.2, 0.25) is 0 Å². The van der Waals surface area contributed by atoms with Crippen molar-refractivity contribution in [3.8, 4) is 0 Å². The highest BCUT2D eigenvalue weighted by Crippen LogP contribution is 2.17. The topological polar surface area (TPSA) is 30.0 Å². The average molecular weight is 279 g/mol. The molecule has 0 atom stereocenters. The maximum absolute atomic E-state index is 12.3. The average Bonchev–Trinajstić information content (AvgIpc) is 2.55. The SMILES string of the molecule is CCC(CC)C(=O)c1ccc(/C=C/c2ccccn2)cc1. The molecule has 1 aromatic carbocycles. The standard InChI is InChI=1S/C19H21NO/c1-3-16(4-2)19(21)17-11-8-15(9-12-17)10-13-18-7-5-6-14-20-18/h5-14,16H,3-4H2,1-2H3/b13-10+. The van der Waals surface area contributed by atoms with Gasteiger partial charge in [0.05, 0.1) is 5.69 Å². The second kappa shape index (κ2) is 7.53. The van der Waals surface area contributed by atoms with Gasteiger partial charge in [-0.1, -0.05) is 50.3 Å². The number of benzene rings is 1. The van der Waals surface area contributed by atoms with Gasteiger partial charge in [-0.05, 0) is 36.6 Å². The van der Waals surface area contributed by atoms with E-state index >= 15 is 0 Å². The van der Waals surface area contributed by atoms with Crippen LogP contribution in [0, 0.1) is 5.92 Å². The molecule has 0 fully saturated rings. The largest absolute Gasteiger partial charge is 0.294 e. The molecule has 108 valence electrons. The molecule has 0 aliphatic carbocycles. The van der Waals surface area contributed by atoms with Gasteiger partial charge in [0.1, 0.15) is 0 Å².